The number of ether oxygens (including phenoxy) is 1. The summed E-state index contributed by atoms with van der Waals surface area (Å²) in [6.07, 6.45) is 6.05. The Morgan fingerprint density at radius 2 is 2.06 bits per heavy atom. The summed E-state index contributed by atoms with van der Waals surface area (Å²) >= 11 is 0. The Labute approximate surface area is 187 Å². The molecular weight excluding hydrogens is 384 g/mol. The first-order chi connectivity index (χ1) is 15.2. The highest BCUT2D eigenvalue weighted by Crippen LogP contribution is 2.26. The lowest BCUT2D eigenvalue weighted by atomic mass is 10.0. The summed E-state index contributed by atoms with van der Waals surface area (Å²) in [7, 11) is 2.05. The summed E-state index contributed by atoms with van der Waals surface area (Å²) in [6, 6.07) is 16.8. The summed E-state index contributed by atoms with van der Waals surface area (Å²) in [4.78, 5) is 0. The van der Waals surface area contributed by atoms with Crippen molar-refractivity contribution in [2.75, 3.05) is 26.7 Å². The third-order valence-electron chi connectivity index (χ3n) is 5.72. The molecule has 1 fully saturated rings. The van der Waals surface area contributed by atoms with E-state index in [0.717, 1.165) is 37.4 Å². The quantitative estimate of drug-likeness (QED) is 0.550. The molecule has 2 aromatic carbocycles. The van der Waals surface area contributed by atoms with E-state index in [0.29, 0.717) is 12.6 Å². The van der Waals surface area contributed by atoms with Crippen molar-refractivity contribution < 1.29 is 6.16 Å². The molecule has 5 heteroatoms. The highest BCUT2D eigenvalue weighted by Gasteiger charge is 2.23. The SMILES string of the molecule is Cc1ccc(C#CCNCc2ccccc2)cc1C1=CN(C[C@H]2CCCCO2)NN1C.[HH]. The monoisotopic (exact) mass is 418 g/mol. The molecule has 0 unspecified atom stereocenters. The molecule has 164 valence electrons. The second-order valence-corrected chi connectivity index (χ2v) is 8.23. The van der Waals surface area contributed by atoms with Gasteiger partial charge in [0, 0.05) is 39.0 Å². The molecule has 4 rings (SSSR count). The fourth-order valence-electron chi connectivity index (χ4n) is 4.01. The molecule has 2 aliphatic rings. The fraction of sp³-hybridized carbons (Fsp3) is 0.385. The maximum absolute atomic E-state index is 5.90. The number of aryl methyl sites for hydroxylation is 1. The van der Waals surface area contributed by atoms with E-state index in [1.807, 2.05) is 6.07 Å². The first kappa shape index (κ1) is 21.5. The van der Waals surface area contributed by atoms with Gasteiger partial charge < -0.3 is 10.1 Å². The van der Waals surface area contributed by atoms with Gasteiger partial charge in [0.15, 0.2) is 0 Å². The molecule has 0 aromatic heterocycles. The third kappa shape index (κ3) is 5.89. The standard InChI is InChI=1S/C26H32N4O.H2/c1-21-13-14-22(11-8-15-27-18-23-9-4-3-5-10-23)17-25(21)26-20-30(28-29(26)2)19-24-12-6-7-16-31-24;/h3-5,9-10,13-14,17,20,24,27-28H,6-7,12,15-16,18-19H2,1-2H3;1H/t24-;/m1./s1. The summed E-state index contributed by atoms with van der Waals surface area (Å²) in [6.45, 7) is 5.38. The van der Waals surface area contributed by atoms with E-state index in [9.17, 15) is 0 Å². The summed E-state index contributed by atoms with van der Waals surface area (Å²) in [5.74, 6) is 6.55. The number of nitrogens with zero attached hydrogens (tertiary/aromatic N) is 2. The molecule has 1 saturated heterocycles. The van der Waals surface area contributed by atoms with Crippen LogP contribution in [0, 0.1) is 18.8 Å². The highest BCUT2D eigenvalue weighted by molar-refractivity contribution is 5.68. The average Bonchev–Trinajstić information content (AvgIpc) is 3.15. The van der Waals surface area contributed by atoms with E-state index in [1.165, 1.54) is 29.5 Å². The highest BCUT2D eigenvalue weighted by atomic mass is 16.5. The van der Waals surface area contributed by atoms with Gasteiger partial charge in [-0.25, -0.2) is 0 Å². The van der Waals surface area contributed by atoms with Crippen LogP contribution in [0.5, 0.6) is 0 Å². The minimum absolute atomic E-state index is 0. The lowest BCUT2D eigenvalue weighted by Gasteiger charge is -2.28. The third-order valence-corrected chi connectivity index (χ3v) is 5.72. The van der Waals surface area contributed by atoms with E-state index in [1.54, 1.807) is 0 Å². The Hall–Kier alpha value is -2.78. The van der Waals surface area contributed by atoms with Gasteiger partial charge in [0.05, 0.1) is 24.9 Å². The van der Waals surface area contributed by atoms with E-state index < -0.39 is 0 Å². The van der Waals surface area contributed by atoms with Gasteiger partial charge >= 0.3 is 0 Å². The van der Waals surface area contributed by atoms with Crippen molar-refractivity contribution >= 4 is 5.70 Å². The van der Waals surface area contributed by atoms with Gasteiger partial charge in [-0.2, -0.15) is 0 Å². The second-order valence-electron chi connectivity index (χ2n) is 8.23. The van der Waals surface area contributed by atoms with Gasteiger partial charge in [0.1, 0.15) is 0 Å². The van der Waals surface area contributed by atoms with Crippen LogP contribution in [0.4, 0.5) is 0 Å². The number of hydrazine groups is 2. The lowest BCUT2D eigenvalue weighted by molar-refractivity contribution is -0.0122. The molecule has 31 heavy (non-hydrogen) atoms. The maximum atomic E-state index is 5.90. The lowest BCUT2D eigenvalue weighted by Crippen LogP contribution is -2.42. The predicted molar refractivity (Wildman–Crippen MR) is 127 cm³/mol. The number of rotatable bonds is 6. The van der Waals surface area contributed by atoms with Crippen molar-refractivity contribution in [2.24, 2.45) is 0 Å². The normalized spacial score (nSPS) is 18.5. The van der Waals surface area contributed by atoms with Crippen LogP contribution in [-0.2, 0) is 11.3 Å². The van der Waals surface area contributed by atoms with Crippen LogP contribution in [-0.4, -0.2) is 42.9 Å². The zero-order valence-corrected chi connectivity index (χ0v) is 18.5. The molecule has 5 nitrogen and oxygen atoms in total. The first-order valence-electron chi connectivity index (χ1n) is 11.1. The Kier molecular flexibility index (Phi) is 7.26. The molecule has 0 spiro atoms. The van der Waals surface area contributed by atoms with Crippen LogP contribution in [0.3, 0.4) is 0 Å². The van der Waals surface area contributed by atoms with E-state index in [4.69, 9.17) is 4.74 Å². The molecule has 2 aromatic rings. The van der Waals surface area contributed by atoms with Crippen LogP contribution in [0.2, 0.25) is 0 Å². The predicted octanol–water partition coefficient (Wildman–Crippen LogP) is 3.92. The zero-order valence-electron chi connectivity index (χ0n) is 18.5. The minimum Gasteiger partial charge on any atom is -0.376 e. The van der Waals surface area contributed by atoms with Gasteiger partial charge in [-0.1, -0.05) is 48.2 Å². The van der Waals surface area contributed by atoms with Crippen LogP contribution < -0.4 is 10.9 Å². The van der Waals surface area contributed by atoms with Crippen molar-refractivity contribution in [3.63, 3.8) is 0 Å². The minimum atomic E-state index is 0. The molecule has 2 heterocycles. The summed E-state index contributed by atoms with van der Waals surface area (Å²) in [5.41, 5.74) is 9.32. The fourth-order valence-corrected chi connectivity index (χ4v) is 4.01. The molecule has 0 radical (unpaired) electrons. The Balaban J connectivity index is 0.00000289. The van der Waals surface area contributed by atoms with E-state index in [2.05, 4.69) is 95.3 Å². The van der Waals surface area contributed by atoms with E-state index >= 15 is 0 Å². The van der Waals surface area contributed by atoms with Gasteiger partial charge in [0.25, 0.3) is 0 Å². The molecule has 0 saturated carbocycles. The largest absolute Gasteiger partial charge is 0.376 e. The maximum Gasteiger partial charge on any atom is 0.0783 e. The molecule has 0 aliphatic carbocycles. The average molecular weight is 419 g/mol. The van der Waals surface area contributed by atoms with Crippen molar-refractivity contribution in [3.8, 4) is 11.8 Å². The molecule has 2 aliphatic heterocycles. The van der Waals surface area contributed by atoms with E-state index in [-0.39, 0.29) is 1.43 Å². The van der Waals surface area contributed by atoms with Crippen LogP contribution in [0.1, 0.15) is 42.9 Å². The van der Waals surface area contributed by atoms with Gasteiger partial charge in [0.2, 0.25) is 0 Å². The summed E-state index contributed by atoms with van der Waals surface area (Å²) < 4.78 is 5.90. The molecular formula is C26H34N4O. The van der Waals surface area contributed by atoms with Crippen molar-refractivity contribution in [3.05, 3.63) is 77.0 Å². The Bertz CT molecular complexity index is 961. The molecule has 1 atom stereocenters. The molecule has 0 amide bonds. The molecule has 2 N–H and O–H groups in total. The van der Waals surface area contributed by atoms with Crippen molar-refractivity contribution in [1.29, 1.82) is 0 Å². The Morgan fingerprint density at radius 1 is 1.19 bits per heavy atom. The zero-order chi connectivity index (χ0) is 21.5. The summed E-state index contributed by atoms with van der Waals surface area (Å²) in [5, 5.41) is 7.59. The first-order valence-corrected chi connectivity index (χ1v) is 11.1. The molecule has 0 bridgehead atoms. The van der Waals surface area contributed by atoms with Crippen LogP contribution in [0.25, 0.3) is 5.70 Å². The van der Waals surface area contributed by atoms with Gasteiger partial charge in [-0.05, 0) is 49.4 Å². The number of hydrogen-bond donors (Lipinski definition) is 2. The number of benzene rings is 2. The second kappa shape index (κ2) is 10.5. The number of hydrogen-bond acceptors (Lipinski definition) is 5. The van der Waals surface area contributed by atoms with Crippen LogP contribution >= 0.6 is 0 Å². The topological polar surface area (TPSA) is 39.8 Å². The van der Waals surface area contributed by atoms with Gasteiger partial charge in [-0.3, -0.25) is 10.0 Å². The smallest absolute Gasteiger partial charge is 0.0783 e. The van der Waals surface area contributed by atoms with Crippen molar-refractivity contribution in [2.45, 2.75) is 38.8 Å². The number of nitrogens with one attached hydrogen (secondary N) is 2. The van der Waals surface area contributed by atoms with Gasteiger partial charge in [-0.15, -0.1) is 5.53 Å². The Morgan fingerprint density at radius 3 is 2.87 bits per heavy atom. The van der Waals surface area contributed by atoms with Crippen LogP contribution in [0.15, 0.2) is 54.7 Å². The van der Waals surface area contributed by atoms with Crippen molar-refractivity contribution in [1.82, 2.24) is 20.9 Å².